The lowest BCUT2D eigenvalue weighted by molar-refractivity contribution is 0.0948. The second kappa shape index (κ2) is 7.65. The molecule has 0 bridgehead atoms. The molecule has 7 nitrogen and oxygen atoms in total. The van der Waals surface area contributed by atoms with Gasteiger partial charge in [0.15, 0.2) is 5.69 Å². The first kappa shape index (κ1) is 16.7. The van der Waals surface area contributed by atoms with Gasteiger partial charge in [-0.25, -0.2) is 4.68 Å². The fraction of sp³-hybridized carbons (Fsp3) is 0.100. The van der Waals surface area contributed by atoms with Gasteiger partial charge in [0.25, 0.3) is 5.91 Å². The van der Waals surface area contributed by atoms with E-state index in [0.29, 0.717) is 18.7 Å². The predicted octanol–water partition coefficient (Wildman–Crippen LogP) is 2.43. The van der Waals surface area contributed by atoms with Crippen molar-refractivity contribution in [2.75, 3.05) is 6.54 Å². The second-order valence-electron chi connectivity index (χ2n) is 5.99. The van der Waals surface area contributed by atoms with Crippen LogP contribution < -0.4 is 5.32 Å². The van der Waals surface area contributed by atoms with Crippen molar-refractivity contribution in [3.63, 3.8) is 0 Å². The van der Waals surface area contributed by atoms with Gasteiger partial charge in [-0.3, -0.25) is 4.79 Å². The van der Waals surface area contributed by atoms with Crippen LogP contribution in [0.5, 0.6) is 0 Å². The van der Waals surface area contributed by atoms with E-state index in [1.54, 1.807) is 0 Å². The molecule has 0 aliphatic heterocycles. The van der Waals surface area contributed by atoms with Crippen LogP contribution in [0.3, 0.4) is 0 Å². The van der Waals surface area contributed by atoms with Crippen molar-refractivity contribution < 1.29 is 4.79 Å². The number of hydrogen-bond acceptors (Lipinski definition) is 4. The van der Waals surface area contributed by atoms with Crippen LogP contribution in [0.25, 0.3) is 11.4 Å². The fourth-order valence-corrected chi connectivity index (χ4v) is 2.67. The Hall–Kier alpha value is -3.74. The highest BCUT2D eigenvalue weighted by Gasteiger charge is 2.11. The van der Waals surface area contributed by atoms with Crippen LogP contribution in [-0.4, -0.2) is 37.2 Å². The molecule has 0 aliphatic carbocycles. The molecule has 1 amide bonds. The average molecular weight is 358 g/mol. The lowest BCUT2D eigenvalue weighted by atomic mass is 10.2. The molecule has 2 aromatic carbocycles. The topological polar surface area (TPSA) is 77.6 Å². The van der Waals surface area contributed by atoms with Gasteiger partial charge in [0.2, 0.25) is 0 Å². The van der Waals surface area contributed by atoms with E-state index < -0.39 is 0 Å². The van der Waals surface area contributed by atoms with Gasteiger partial charge >= 0.3 is 0 Å². The molecule has 2 aromatic heterocycles. The first-order valence-corrected chi connectivity index (χ1v) is 8.64. The molecule has 0 aliphatic rings. The first-order valence-electron chi connectivity index (χ1n) is 8.64. The average Bonchev–Trinajstić information content (AvgIpc) is 3.39. The van der Waals surface area contributed by atoms with Crippen molar-refractivity contribution >= 4 is 5.91 Å². The van der Waals surface area contributed by atoms with Gasteiger partial charge in [0, 0.05) is 12.7 Å². The van der Waals surface area contributed by atoms with E-state index in [1.165, 1.54) is 11.0 Å². The SMILES string of the molecule is O=C(NCCc1cnn(-c2ccccc2)c1)c1cnn(-c2ccccc2)n1. The Morgan fingerprint density at radius 1 is 0.889 bits per heavy atom. The monoisotopic (exact) mass is 358 g/mol. The van der Waals surface area contributed by atoms with E-state index in [2.05, 4.69) is 20.6 Å². The summed E-state index contributed by atoms with van der Waals surface area (Å²) in [5.41, 5.74) is 3.15. The molecule has 0 unspecified atom stereocenters. The van der Waals surface area contributed by atoms with Gasteiger partial charge in [0.1, 0.15) is 0 Å². The number of para-hydroxylation sites is 2. The Morgan fingerprint density at radius 3 is 2.33 bits per heavy atom. The standard InChI is InChI=1S/C20H18N6O/c27-20(19-14-23-26(24-19)18-9-5-2-6-10-18)21-12-11-16-13-22-25(15-16)17-7-3-1-4-8-17/h1-10,13-15H,11-12H2,(H,21,27). The molecule has 0 spiro atoms. The maximum Gasteiger partial charge on any atom is 0.273 e. The Balaban J connectivity index is 1.33. The van der Waals surface area contributed by atoms with E-state index in [-0.39, 0.29) is 5.91 Å². The van der Waals surface area contributed by atoms with Gasteiger partial charge in [-0.05, 0) is 36.2 Å². The zero-order valence-electron chi connectivity index (χ0n) is 14.6. The van der Waals surface area contributed by atoms with Crippen molar-refractivity contribution in [1.82, 2.24) is 30.1 Å². The second-order valence-corrected chi connectivity index (χ2v) is 5.99. The Labute approximate surface area is 156 Å². The molecule has 0 radical (unpaired) electrons. The number of carbonyl (C=O) groups excluding carboxylic acids is 1. The summed E-state index contributed by atoms with van der Waals surface area (Å²) < 4.78 is 1.82. The molecule has 27 heavy (non-hydrogen) atoms. The zero-order valence-corrected chi connectivity index (χ0v) is 14.6. The van der Waals surface area contributed by atoms with E-state index in [0.717, 1.165) is 16.9 Å². The molecule has 7 heteroatoms. The van der Waals surface area contributed by atoms with Gasteiger partial charge in [-0.15, -0.1) is 5.10 Å². The number of nitrogens with zero attached hydrogens (tertiary/aromatic N) is 5. The van der Waals surface area contributed by atoms with Gasteiger partial charge in [-0.1, -0.05) is 36.4 Å². The number of hydrogen-bond donors (Lipinski definition) is 1. The molecule has 0 saturated heterocycles. The van der Waals surface area contributed by atoms with E-state index in [9.17, 15) is 4.79 Å². The summed E-state index contributed by atoms with van der Waals surface area (Å²) in [5, 5.41) is 15.6. The molecule has 134 valence electrons. The summed E-state index contributed by atoms with van der Waals surface area (Å²) in [6.07, 6.45) is 5.93. The first-order chi connectivity index (χ1) is 13.3. The number of rotatable bonds is 6. The molecule has 0 saturated carbocycles. The lowest BCUT2D eigenvalue weighted by Gasteiger charge is -2.02. The smallest absolute Gasteiger partial charge is 0.273 e. The Bertz CT molecular complexity index is 1020. The highest BCUT2D eigenvalue weighted by atomic mass is 16.2. The van der Waals surface area contributed by atoms with E-state index in [4.69, 9.17) is 0 Å². The maximum absolute atomic E-state index is 12.3. The molecular formula is C20H18N6O. The van der Waals surface area contributed by atoms with Gasteiger partial charge in [0.05, 0.1) is 23.8 Å². The minimum absolute atomic E-state index is 0.243. The number of amides is 1. The molecule has 0 fully saturated rings. The zero-order chi connectivity index (χ0) is 18.5. The van der Waals surface area contributed by atoms with Crippen molar-refractivity contribution in [3.8, 4) is 11.4 Å². The third-order valence-electron chi connectivity index (χ3n) is 4.07. The third-order valence-corrected chi connectivity index (χ3v) is 4.07. The van der Waals surface area contributed by atoms with Crippen molar-refractivity contribution in [2.45, 2.75) is 6.42 Å². The van der Waals surface area contributed by atoms with Crippen molar-refractivity contribution in [1.29, 1.82) is 0 Å². The fourth-order valence-electron chi connectivity index (χ4n) is 2.67. The van der Waals surface area contributed by atoms with Crippen LogP contribution in [0.1, 0.15) is 16.1 Å². The van der Waals surface area contributed by atoms with Crippen LogP contribution in [-0.2, 0) is 6.42 Å². The Morgan fingerprint density at radius 2 is 1.59 bits per heavy atom. The highest BCUT2D eigenvalue weighted by Crippen LogP contribution is 2.08. The molecule has 1 N–H and O–H groups in total. The molecule has 0 atom stereocenters. The predicted molar refractivity (Wildman–Crippen MR) is 101 cm³/mol. The molecule has 4 rings (SSSR count). The molecule has 2 heterocycles. The highest BCUT2D eigenvalue weighted by molar-refractivity contribution is 5.91. The van der Waals surface area contributed by atoms with E-state index in [1.807, 2.05) is 77.7 Å². The number of aromatic nitrogens is 5. The van der Waals surface area contributed by atoms with Gasteiger partial charge in [-0.2, -0.15) is 15.0 Å². The van der Waals surface area contributed by atoms with Gasteiger partial charge < -0.3 is 5.32 Å². The summed E-state index contributed by atoms with van der Waals surface area (Å²) in [6, 6.07) is 19.4. The van der Waals surface area contributed by atoms with Crippen LogP contribution in [0, 0.1) is 0 Å². The summed E-state index contributed by atoms with van der Waals surface area (Å²) in [7, 11) is 0. The number of carbonyl (C=O) groups is 1. The summed E-state index contributed by atoms with van der Waals surface area (Å²) in [4.78, 5) is 13.7. The summed E-state index contributed by atoms with van der Waals surface area (Å²) >= 11 is 0. The van der Waals surface area contributed by atoms with Crippen LogP contribution in [0.2, 0.25) is 0 Å². The summed E-state index contributed by atoms with van der Waals surface area (Å²) in [6.45, 7) is 0.498. The summed E-state index contributed by atoms with van der Waals surface area (Å²) in [5.74, 6) is -0.243. The number of benzene rings is 2. The quantitative estimate of drug-likeness (QED) is 0.574. The van der Waals surface area contributed by atoms with Crippen molar-refractivity contribution in [2.24, 2.45) is 0 Å². The third kappa shape index (κ3) is 3.92. The molecule has 4 aromatic rings. The minimum Gasteiger partial charge on any atom is -0.350 e. The molecular weight excluding hydrogens is 340 g/mol. The van der Waals surface area contributed by atoms with Crippen molar-refractivity contribution in [3.05, 3.63) is 90.5 Å². The lowest BCUT2D eigenvalue weighted by Crippen LogP contribution is -2.26. The minimum atomic E-state index is -0.243. The van der Waals surface area contributed by atoms with Crippen LogP contribution in [0.15, 0.2) is 79.3 Å². The largest absolute Gasteiger partial charge is 0.350 e. The van der Waals surface area contributed by atoms with Crippen LogP contribution in [0.4, 0.5) is 0 Å². The van der Waals surface area contributed by atoms with E-state index >= 15 is 0 Å². The number of nitrogens with one attached hydrogen (secondary N) is 1. The maximum atomic E-state index is 12.3. The normalized spacial score (nSPS) is 10.7. The Kier molecular flexibility index (Phi) is 4.74. The van der Waals surface area contributed by atoms with Crippen LogP contribution >= 0.6 is 0 Å².